The van der Waals surface area contributed by atoms with E-state index in [2.05, 4.69) is 5.32 Å². The Kier molecular flexibility index (Phi) is 7.36. The maximum atomic E-state index is 13.0. The lowest BCUT2D eigenvalue weighted by Gasteiger charge is -2.26. The summed E-state index contributed by atoms with van der Waals surface area (Å²) in [4.78, 5) is 12.6. The van der Waals surface area contributed by atoms with Gasteiger partial charge in [-0.15, -0.1) is 0 Å². The second kappa shape index (κ2) is 9.57. The molecule has 1 aromatic carbocycles. The number of ether oxygens (including phenoxy) is 1. The van der Waals surface area contributed by atoms with Gasteiger partial charge in [-0.05, 0) is 63.6 Å². The van der Waals surface area contributed by atoms with Crippen molar-refractivity contribution in [2.75, 3.05) is 19.7 Å². The molecule has 28 heavy (non-hydrogen) atoms. The molecule has 0 radical (unpaired) electrons. The van der Waals surface area contributed by atoms with Gasteiger partial charge in [-0.2, -0.15) is 4.31 Å². The summed E-state index contributed by atoms with van der Waals surface area (Å²) < 4.78 is 33.0. The van der Waals surface area contributed by atoms with Gasteiger partial charge >= 0.3 is 0 Å². The quantitative estimate of drug-likeness (QED) is 0.720. The van der Waals surface area contributed by atoms with Crippen LogP contribution in [0.1, 0.15) is 62.2 Å². The Labute approximate surface area is 172 Å². The van der Waals surface area contributed by atoms with E-state index in [0.717, 1.165) is 51.6 Å². The number of benzene rings is 1. The summed E-state index contributed by atoms with van der Waals surface area (Å²) in [7, 11) is -3.69. The van der Waals surface area contributed by atoms with E-state index in [1.54, 1.807) is 6.07 Å². The zero-order valence-corrected chi connectivity index (χ0v) is 17.9. The molecule has 0 saturated carbocycles. The van der Waals surface area contributed by atoms with Gasteiger partial charge in [0.25, 0.3) is 5.91 Å². The van der Waals surface area contributed by atoms with Gasteiger partial charge in [0.15, 0.2) is 0 Å². The molecule has 2 fully saturated rings. The lowest BCUT2D eigenvalue weighted by atomic mass is 10.1. The Morgan fingerprint density at radius 3 is 2.71 bits per heavy atom. The van der Waals surface area contributed by atoms with Crippen LogP contribution in [0.15, 0.2) is 23.1 Å². The summed E-state index contributed by atoms with van der Waals surface area (Å²) in [5, 5.41) is 3.10. The molecule has 0 aromatic heterocycles. The number of nitrogens with zero attached hydrogens (tertiary/aromatic N) is 1. The van der Waals surface area contributed by atoms with Gasteiger partial charge in [0.1, 0.15) is 4.90 Å². The first-order valence-electron chi connectivity index (χ1n) is 10.1. The van der Waals surface area contributed by atoms with Gasteiger partial charge in [-0.3, -0.25) is 4.79 Å². The first-order valence-corrected chi connectivity index (χ1v) is 11.9. The molecular weight excluding hydrogens is 400 g/mol. The van der Waals surface area contributed by atoms with Crippen LogP contribution >= 0.6 is 11.6 Å². The van der Waals surface area contributed by atoms with Crippen LogP contribution in [-0.2, 0) is 14.8 Å². The summed E-state index contributed by atoms with van der Waals surface area (Å²) in [5.41, 5.74) is 0.309. The molecule has 1 aromatic rings. The molecule has 0 aliphatic carbocycles. The Hall–Kier alpha value is -1.15. The highest BCUT2D eigenvalue weighted by Crippen LogP contribution is 2.28. The van der Waals surface area contributed by atoms with Crippen LogP contribution in [0.2, 0.25) is 5.02 Å². The number of piperidine rings is 1. The molecule has 0 bridgehead atoms. The van der Waals surface area contributed by atoms with Crippen molar-refractivity contribution < 1.29 is 17.9 Å². The summed E-state index contributed by atoms with van der Waals surface area (Å²) in [6, 6.07) is 4.44. The monoisotopic (exact) mass is 428 g/mol. The minimum absolute atomic E-state index is 0.00993. The molecule has 8 heteroatoms. The Bertz CT molecular complexity index is 787. The molecular formula is C20H29ClN2O4S. The fourth-order valence-electron chi connectivity index (χ4n) is 3.77. The smallest absolute Gasteiger partial charge is 0.251 e. The molecule has 1 amide bonds. The number of hydrogen-bond acceptors (Lipinski definition) is 4. The molecule has 2 aliphatic rings. The second-order valence-corrected chi connectivity index (χ2v) is 10.0. The van der Waals surface area contributed by atoms with Crippen LogP contribution in [-0.4, -0.2) is 50.5 Å². The predicted octanol–water partition coefficient (Wildman–Crippen LogP) is 3.59. The molecule has 1 N–H and O–H groups in total. The highest BCUT2D eigenvalue weighted by Gasteiger charge is 2.29. The number of rotatable bonds is 7. The summed E-state index contributed by atoms with van der Waals surface area (Å²) in [6.45, 7) is 3.77. The van der Waals surface area contributed by atoms with Crippen LogP contribution in [0, 0.1) is 0 Å². The van der Waals surface area contributed by atoms with Gasteiger partial charge in [0.05, 0.1) is 11.1 Å². The minimum Gasteiger partial charge on any atom is -0.378 e. The van der Waals surface area contributed by atoms with Crippen LogP contribution in [0.3, 0.4) is 0 Å². The van der Waals surface area contributed by atoms with Crippen LogP contribution in [0.25, 0.3) is 0 Å². The Morgan fingerprint density at radius 1 is 1.29 bits per heavy atom. The largest absolute Gasteiger partial charge is 0.378 e. The third kappa shape index (κ3) is 5.26. The van der Waals surface area contributed by atoms with E-state index in [4.69, 9.17) is 16.3 Å². The van der Waals surface area contributed by atoms with Crippen molar-refractivity contribution in [3.05, 3.63) is 28.8 Å². The lowest BCUT2D eigenvalue weighted by molar-refractivity contribution is 0.0899. The average molecular weight is 429 g/mol. The molecule has 3 rings (SSSR count). The highest BCUT2D eigenvalue weighted by molar-refractivity contribution is 7.89. The third-order valence-electron chi connectivity index (χ3n) is 5.45. The van der Waals surface area contributed by atoms with Crippen molar-refractivity contribution in [3.8, 4) is 0 Å². The Morgan fingerprint density at radius 2 is 2.04 bits per heavy atom. The van der Waals surface area contributed by atoms with Gasteiger partial charge in [0, 0.05) is 31.3 Å². The van der Waals surface area contributed by atoms with E-state index >= 15 is 0 Å². The van der Waals surface area contributed by atoms with Crippen molar-refractivity contribution >= 4 is 27.5 Å². The molecule has 2 aliphatic heterocycles. The maximum absolute atomic E-state index is 13.0. The molecule has 2 unspecified atom stereocenters. The van der Waals surface area contributed by atoms with E-state index in [1.165, 1.54) is 16.4 Å². The first kappa shape index (κ1) is 21.6. The average Bonchev–Trinajstić information content (AvgIpc) is 3.21. The Balaban J connectivity index is 1.66. The second-order valence-electron chi connectivity index (χ2n) is 7.70. The van der Waals surface area contributed by atoms with E-state index in [0.29, 0.717) is 18.7 Å². The van der Waals surface area contributed by atoms with Crippen molar-refractivity contribution in [2.24, 2.45) is 0 Å². The number of amides is 1. The third-order valence-corrected chi connectivity index (χ3v) is 7.83. The topological polar surface area (TPSA) is 75.7 Å². The standard InChI is InChI=1S/C20H29ClN2O4S/c1-15(7-9-17-6-5-13-27-17)22-20(24)16-8-10-18(21)19(14-16)28(25,26)23-11-3-2-4-12-23/h8,10,14-15,17H,2-7,9,11-13H2,1H3,(H,22,24). The van der Waals surface area contributed by atoms with Gasteiger partial charge in [0.2, 0.25) is 10.0 Å². The number of nitrogens with one attached hydrogen (secondary N) is 1. The number of carbonyl (C=O) groups excluding carboxylic acids is 1. The van der Waals surface area contributed by atoms with Crippen molar-refractivity contribution in [3.63, 3.8) is 0 Å². The molecule has 2 saturated heterocycles. The molecule has 2 atom stereocenters. The molecule has 0 spiro atoms. The van der Waals surface area contributed by atoms with Crippen LogP contribution in [0.4, 0.5) is 0 Å². The first-order chi connectivity index (χ1) is 13.4. The summed E-state index contributed by atoms with van der Waals surface area (Å²) in [6.07, 6.45) is 6.93. The lowest BCUT2D eigenvalue weighted by Crippen LogP contribution is -2.36. The van der Waals surface area contributed by atoms with Crippen molar-refractivity contribution in [1.29, 1.82) is 0 Å². The highest BCUT2D eigenvalue weighted by atomic mass is 35.5. The van der Waals surface area contributed by atoms with E-state index < -0.39 is 10.0 Å². The predicted molar refractivity (Wildman–Crippen MR) is 109 cm³/mol. The number of carbonyl (C=O) groups is 1. The van der Waals surface area contributed by atoms with E-state index in [-0.39, 0.29) is 28.0 Å². The fourth-order valence-corrected chi connectivity index (χ4v) is 5.79. The normalized spacial score (nSPS) is 22.1. The fraction of sp³-hybridized carbons (Fsp3) is 0.650. The SMILES string of the molecule is CC(CCC1CCCO1)NC(=O)c1ccc(Cl)c(S(=O)(=O)N2CCCCC2)c1. The number of sulfonamides is 1. The van der Waals surface area contributed by atoms with Crippen LogP contribution < -0.4 is 5.32 Å². The molecule has 2 heterocycles. The summed E-state index contributed by atoms with van der Waals surface area (Å²) >= 11 is 6.18. The molecule has 156 valence electrons. The zero-order valence-electron chi connectivity index (χ0n) is 16.3. The minimum atomic E-state index is -3.69. The van der Waals surface area contributed by atoms with Gasteiger partial charge in [-0.1, -0.05) is 18.0 Å². The molecule has 6 nitrogen and oxygen atoms in total. The zero-order chi connectivity index (χ0) is 20.1. The maximum Gasteiger partial charge on any atom is 0.251 e. The van der Waals surface area contributed by atoms with Crippen molar-refractivity contribution in [1.82, 2.24) is 9.62 Å². The van der Waals surface area contributed by atoms with Gasteiger partial charge in [-0.25, -0.2) is 8.42 Å². The van der Waals surface area contributed by atoms with E-state index in [9.17, 15) is 13.2 Å². The van der Waals surface area contributed by atoms with E-state index in [1.807, 2.05) is 6.92 Å². The number of halogens is 1. The number of hydrogen-bond donors (Lipinski definition) is 1. The van der Waals surface area contributed by atoms with Crippen molar-refractivity contribution in [2.45, 2.75) is 68.9 Å². The van der Waals surface area contributed by atoms with Gasteiger partial charge < -0.3 is 10.1 Å². The summed E-state index contributed by atoms with van der Waals surface area (Å²) in [5.74, 6) is -0.286. The van der Waals surface area contributed by atoms with Crippen LogP contribution in [0.5, 0.6) is 0 Å².